The van der Waals surface area contributed by atoms with Crippen LogP contribution in [0.25, 0.3) is 11.1 Å². The summed E-state index contributed by atoms with van der Waals surface area (Å²) in [5.74, 6) is 1.88. The standard InChI is InChI=1S/C16H21NO2/c1-11(2)17-10-16-14(7-8-19-16)13-5-6-15(18-4)12(3)9-13/h5-9,11,17H,10H2,1-4H3. The third-order valence-corrected chi connectivity index (χ3v) is 3.12. The number of furan rings is 1. The molecule has 0 spiro atoms. The van der Waals surface area contributed by atoms with Gasteiger partial charge in [0.1, 0.15) is 11.5 Å². The van der Waals surface area contributed by atoms with Gasteiger partial charge in [0.2, 0.25) is 0 Å². The predicted octanol–water partition coefficient (Wildman–Crippen LogP) is 3.76. The fraction of sp³-hybridized carbons (Fsp3) is 0.375. The van der Waals surface area contributed by atoms with Crippen molar-refractivity contribution in [3.63, 3.8) is 0 Å². The van der Waals surface area contributed by atoms with Crippen molar-refractivity contribution in [2.24, 2.45) is 0 Å². The molecule has 0 unspecified atom stereocenters. The molecular weight excluding hydrogens is 238 g/mol. The fourth-order valence-electron chi connectivity index (χ4n) is 2.08. The van der Waals surface area contributed by atoms with Gasteiger partial charge in [0.05, 0.1) is 19.9 Å². The molecule has 0 saturated heterocycles. The first-order valence-electron chi connectivity index (χ1n) is 6.56. The summed E-state index contributed by atoms with van der Waals surface area (Å²) in [6.07, 6.45) is 1.74. The zero-order valence-electron chi connectivity index (χ0n) is 12.0. The van der Waals surface area contributed by atoms with E-state index in [0.717, 1.165) is 34.7 Å². The lowest BCUT2D eigenvalue weighted by molar-refractivity contribution is 0.412. The van der Waals surface area contributed by atoms with Crippen molar-refractivity contribution in [2.75, 3.05) is 7.11 Å². The highest BCUT2D eigenvalue weighted by atomic mass is 16.5. The maximum Gasteiger partial charge on any atom is 0.125 e. The first-order valence-corrected chi connectivity index (χ1v) is 6.56. The molecule has 0 radical (unpaired) electrons. The minimum Gasteiger partial charge on any atom is -0.496 e. The second-order valence-corrected chi connectivity index (χ2v) is 4.98. The quantitative estimate of drug-likeness (QED) is 0.887. The Morgan fingerprint density at radius 2 is 2.05 bits per heavy atom. The summed E-state index contributed by atoms with van der Waals surface area (Å²) in [7, 11) is 1.69. The number of nitrogens with one attached hydrogen (secondary N) is 1. The average molecular weight is 259 g/mol. The molecule has 0 aliphatic heterocycles. The van der Waals surface area contributed by atoms with Gasteiger partial charge in [-0.05, 0) is 36.2 Å². The Kier molecular flexibility index (Phi) is 4.27. The molecule has 0 aliphatic rings. The molecule has 3 heteroatoms. The second kappa shape index (κ2) is 5.93. The third-order valence-electron chi connectivity index (χ3n) is 3.12. The second-order valence-electron chi connectivity index (χ2n) is 4.98. The number of aryl methyl sites for hydroxylation is 1. The number of rotatable bonds is 5. The van der Waals surface area contributed by atoms with Crippen molar-refractivity contribution < 1.29 is 9.15 Å². The largest absolute Gasteiger partial charge is 0.496 e. The van der Waals surface area contributed by atoms with Crippen molar-refractivity contribution >= 4 is 0 Å². The van der Waals surface area contributed by atoms with Crippen molar-refractivity contribution in [3.05, 3.63) is 41.9 Å². The van der Waals surface area contributed by atoms with E-state index in [1.54, 1.807) is 13.4 Å². The number of ether oxygens (including phenoxy) is 1. The molecule has 0 saturated carbocycles. The monoisotopic (exact) mass is 259 g/mol. The van der Waals surface area contributed by atoms with Crippen LogP contribution in [0.4, 0.5) is 0 Å². The molecular formula is C16H21NO2. The van der Waals surface area contributed by atoms with E-state index < -0.39 is 0 Å². The highest BCUT2D eigenvalue weighted by Gasteiger charge is 2.10. The van der Waals surface area contributed by atoms with Crippen molar-refractivity contribution in [3.8, 4) is 16.9 Å². The summed E-state index contributed by atoms with van der Waals surface area (Å²) in [5, 5.41) is 3.38. The molecule has 102 valence electrons. The maximum absolute atomic E-state index is 5.57. The van der Waals surface area contributed by atoms with E-state index in [0.29, 0.717) is 6.04 Å². The summed E-state index contributed by atoms with van der Waals surface area (Å²) in [6.45, 7) is 7.04. The van der Waals surface area contributed by atoms with Gasteiger partial charge in [0, 0.05) is 11.6 Å². The molecule has 0 fully saturated rings. The lowest BCUT2D eigenvalue weighted by Crippen LogP contribution is -2.21. The van der Waals surface area contributed by atoms with Crippen molar-refractivity contribution in [1.29, 1.82) is 0 Å². The molecule has 3 nitrogen and oxygen atoms in total. The minimum absolute atomic E-state index is 0.440. The van der Waals surface area contributed by atoms with E-state index >= 15 is 0 Å². The van der Waals surface area contributed by atoms with Crippen LogP contribution in [0, 0.1) is 6.92 Å². The molecule has 1 N–H and O–H groups in total. The topological polar surface area (TPSA) is 34.4 Å². The molecule has 1 aromatic carbocycles. The number of hydrogen-bond acceptors (Lipinski definition) is 3. The Bertz CT molecular complexity index is 543. The van der Waals surface area contributed by atoms with Gasteiger partial charge in [0.25, 0.3) is 0 Å². The minimum atomic E-state index is 0.440. The maximum atomic E-state index is 5.57. The third kappa shape index (κ3) is 3.18. The van der Waals surface area contributed by atoms with Crippen LogP contribution in [0.15, 0.2) is 34.9 Å². The van der Waals surface area contributed by atoms with Crippen LogP contribution in [-0.4, -0.2) is 13.2 Å². The van der Waals surface area contributed by atoms with E-state index in [1.165, 1.54) is 0 Å². The van der Waals surface area contributed by atoms with Crippen molar-refractivity contribution in [2.45, 2.75) is 33.4 Å². The Balaban J connectivity index is 2.27. The van der Waals surface area contributed by atoms with Crippen molar-refractivity contribution in [1.82, 2.24) is 5.32 Å². The van der Waals surface area contributed by atoms with Crippen LogP contribution in [0.2, 0.25) is 0 Å². The first kappa shape index (κ1) is 13.7. The number of benzene rings is 1. The SMILES string of the molecule is COc1ccc(-c2ccoc2CNC(C)C)cc1C. The van der Waals surface area contributed by atoms with Gasteiger partial charge in [-0.25, -0.2) is 0 Å². The van der Waals surface area contributed by atoms with Gasteiger partial charge in [-0.2, -0.15) is 0 Å². The Morgan fingerprint density at radius 3 is 2.68 bits per heavy atom. The average Bonchev–Trinajstić information content (AvgIpc) is 2.84. The lowest BCUT2D eigenvalue weighted by Gasteiger charge is -2.10. The van der Waals surface area contributed by atoms with Gasteiger partial charge in [0.15, 0.2) is 0 Å². The summed E-state index contributed by atoms with van der Waals surface area (Å²) in [5.41, 5.74) is 3.43. The van der Waals surface area contributed by atoms with Crippen LogP contribution in [-0.2, 0) is 6.54 Å². The van der Waals surface area contributed by atoms with E-state index in [-0.39, 0.29) is 0 Å². The van der Waals surface area contributed by atoms with Crippen LogP contribution < -0.4 is 10.1 Å². The number of methoxy groups -OCH3 is 1. The highest BCUT2D eigenvalue weighted by Crippen LogP contribution is 2.29. The molecule has 0 aliphatic carbocycles. The molecule has 19 heavy (non-hydrogen) atoms. The van der Waals surface area contributed by atoms with E-state index in [4.69, 9.17) is 9.15 Å². The molecule has 1 heterocycles. The van der Waals surface area contributed by atoms with Gasteiger partial charge in [-0.15, -0.1) is 0 Å². The summed E-state index contributed by atoms with van der Waals surface area (Å²) < 4.78 is 10.9. The Labute approximate surface area is 114 Å². The van der Waals surface area contributed by atoms with Crippen LogP contribution in [0.1, 0.15) is 25.2 Å². The fourth-order valence-corrected chi connectivity index (χ4v) is 2.08. The molecule has 0 atom stereocenters. The van der Waals surface area contributed by atoms with Crippen LogP contribution >= 0.6 is 0 Å². The van der Waals surface area contributed by atoms with E-state index in [2.05, 4.69) is 38.2 Å². The summed E-state index contributed by atoms with van der Waals surface area (Å²) in [6, 6.07) is 8.64. The zero-order valence-corrected chi connectivity index (χ0v) is 12.0. The highest BCUT2D eigenvalue weighted by molar-refractivity contribution is 5.67. The lowest BCUT2D eigenvalue weighted by atomic mass is 10.0. The van der Waals surface area contributed by atoms with Gasteiger partial charge < -0.3 is 14.5 Å². The number of hydrogen-bond donors (Lipinski definition) is 1. The van der Waals surface area contributed by atoms with E-state index in [9.17, 15) is 0 Å². The Hall–Kier alpha value is -1.74. The Morgan fingerprint density at radius 1 is 1.26 bits per heavy atom. The van der Waals surface area contributed by atoms with Gasteiger partial charge in [-0.3, -0.25) is 0 Å². The molecule has 1 aromatic heterocycles. The zero-order chi connectivity index (χ0) is 13.8. The van der Waals surface area contributed by atoms with Crippen LogP contribution in [0.3, 0.4) is 0 Å². The van der Waals surface area contributed by atoms with Gasteiger partial charge >= 0.3 is 0 Å². The predicted molar refractivity (Wildman–Crippen MR) is 77.4 cm³/mol. The van der Waals surface area contributed by atoms with Crippen LogP contribution in [0.5, 0.6) is 5.75 Å². The van der Waals surface area contributed by atoms with Gasteiger partial charge in [-0.1, -0.05) is 19.9 Å². The first-order chi connectivity index (χ1) is 9.11. The van der Waals surface area contributed by atoms with E-state index in [1.807, 2.05) is 12.1 Å². The normalized spacial score (nSPS) is 11.0. The molecule has 0 bridgehead atoms. The molecule has 0 amide bonds. The smallest absolute Gasteiger partial charge is 0.125 e. The molecule has 2 rings (SSSR count). The molecule has 2 aromatic rings. The summed E-state index contributed by atoms with van der Waals surface area (Å²) in [4.78, 5) is 0. The summed E-state index contributed by atoms with van der Waals surface area (Å²) >= 11 is 0.